The first-order valence-electron chi connectivity index (χ1n) is 11.6. The highest BCUT2D eigenvalue weighted by Crippen LogP contribution is 2.44. The predicted octanol–water partition coefficient (Wildman–Crippen LogP) is 4.02. The van der Waals surface area contributed by atoms with E-state index in [9.17, 15) is 14.4 Å². The first-order valence-corrected chi connectivity index (χ1v) is 11.6. The monoisotopic (exact) mass is 450 g/mol. The van der Waals surface area contributed by atoms with Gasteiger partial charge < -0.3 is 20.1 Å². The summed E-state index contributed by atoms with van der Waals surface area (Å²) in [5, 5.41) is 11.9. The number of carbonyl (C=O) groups is 3. The molecule has 2 aromatic rings. The van der Waals surface area contributed by atoms with E-state index in [1.807, 2.05) is 24.3 Å². The summed E-state index contributed by atoms with van der Waals surface area (Å²) in [6.07, 6.45) is 2.46. The molecule has 7 nitrogen and oxygen atoms in total. The summed E-state index contributed by atoms with van der Waals surface area (Å²) in [4.78, 5) is 38.3. The number of aliphatic carboxylic acids is 1. The number of nitrogens with one attached hydrogen (secondary N) is 1. The standard InChI is InChI=1S/C26H30N2O5/c1-2-28(15-23(29)30)24(31)26(13-7-8-14-26)17-27-25(32)33-16-22-20-11-5-3-9-18(20)19-10-4-6-12-21(19)22/h3-6,9-12,22H,2,7-8,13-17H2,1H3,(H,27,32)(H,29,30). The van der Waals surface area contributed by atoms with Crippen LogP contribution in [0.3, 0.4) is 0 Å². The first-order chi connectivity index (χ1) is 15.9. The molecule has 0 spiro atoms. The van der Waals surface area contributed by atoms with Crippen LogP contribution < -0.4 is 5.32 Å². The van der Waals surface area contributed by atoms with Gasteiger partial charge in [-0.3, -0.25) is 9.59 Å². The van der Waals surface area contributed by atoms with E-state index in [1.165, 1.54) is 4.90 Å². The number of ether oxygens (including phenoxy) is 1. The molecule has 0 atom stereocenters. The van der Waals surface area contributed by atoms with Crippen molar-refractivity contribution < 1.29 is 24.2 Å². The van der Waals surface area contributed by atoms with E-state index in [2.05, 4.69) is 29.6 Å². The maximum absolute atomic E-state index is 13.2. The summed E-state index contributed by atoms with van der Waals surface area (Å²) in [6, 6.07) is 16.3. The van der Waals surface area contributed by atoms with Gasteiger partial charge in [0.2, 0.25) is 5.91 Å². The molecule has 2 aromatic carbocycles. The summed E-state index contributed by atoms with van der Waals surface area (Å²) >= 11 is 0. The number of benzene rings is 2. The fourth-order valence-corrected chi connectivity index (χ4v) is 5.23. The minimum atomic E-state index is -1.04. The number of fused-ring (bicyclic) bond motifs is 3. The van der Waals surface area contributed by atoms with Gasteiger partial charge in [0.1, 0.15) is 13.2 Å². The number of alkyl carbamates (subject to hydrolysis) is 1. The Morgan fingerprint density at radius 2 is 1.61 bits per heavy atom. The van der Waals surface area contributed by atoms with E-state index in [0.717, 1.165) is 35.1 Å². The van der Waals surface area contributed by atoms with E-state index >= 15 is 0 Å². The van der Waals surface area contributed by atoms with Crippen molar-refractivity contribution in [1.29, 1.82) is 0 Å². The third-order valence-electron chi connectivity index (χ3n) is 6.92. The third kappa shape index (κ3) is 4.58. The first kappa shape index (κ1) is 22.8. The number of hydrogen-bond donors (Lipinski definition) is 2. The van der Waals surface area contributed by atoms with Crippen LogP contribution in [-0.2, 0) is 14.3 Å². The second-order valence-corrected chi connectivity index (χ2v) is 8.88. The number of hydrogen-bond acceptors (Lipinski definition) is 4. The smallest absolute Gasteiger partial charge is 0.407 e. The van der Waals surface area contributed by atoms with Crippen molar-refractivity contribution >= 4 is 18.0 Å². The van der Waals surface area contributed by atoms with Gasteiger partial charge in [-0.05, 0) is 42.0 Å². The Labute approximate surface area is 193 Å². The highest BCUT2D eigenvalue weighted by molar-refractivity contribution is 5.87. The molecule has 1 fully saturated rings. The van der Waals surface area contributed by atoms with Crippen LogP contribution in [0.15, 0.2) is 48.5 Å². The number of amides is 2. The molecule has 0 saturated heterocycles. The second-order valence-electron chi connectivity index (χ2n) is 8.88. The van der Waals surface area contributed by atoms with Gasteiger partial charge in [0.15, 0.2) is 0 Å². The molecular formula is C26H30N2O5. The molecule has 0 heterocycles. The van der Waals surface area contributed by atoms with E-state index in [0.29, 0.717) is 19.4 Å². The van der Waals surface area contributed by atoms with Gasteiger partial charge in [-0.2, -0.15) is 0 Å². The van der Waals surface area contributed by atoms with Gasteiger partial charge in [-0.15, -0.1) is 0 Å². The topological polar surface area (TPSA) is 95.9 Å². The molecule has 4 rings (SSSR count). The Kier molecular flexibility index (Phi) is 6.67. The van der Waals surface area contributed by atoms with Crippen molar-refractivity contribution in [2.75, 3.05) is 26.2 Å². The van der Waals surface area contributed by atoms with Gasteiger partial charge >= 0.3 is 12.1 Å². The summed E-state index contributed by atoms with van der Waals surface area (Å²) in [5.41, 5.74) is 3.84. The van der Waals surface area contributed by atoms with E-state index in [-0.39, 0.29) is 31.5 Å². The van der Waals surface area contributed by atoms with Crippen LogP contribution in [-0.4, -0.2) is 54.2 Å². The molecule has 0 radical (unpaired) electrons. The highest BCUT2D eigenvalue weighted by Gasteiger charge is 2.44. The number of carboxylic acid groups (broad SMARTS) is 1. The maximum Gasteiger partial charge on any atom is 0.407 e. The average Bonchev–Trinajstić information content (AvgIpc) is 3.43. The lowest BCUT2D eigenvalue weighted by atomic mass is 9.84. The molecule has 2 aliphatic carbocycles. The van der Waals surface area contributed by atoms with E-state index in [4.69, 9.17) is 9.84 Å². The Morgan fingerprint density at radius 3 is 2.15 bits per heavy atom. The zero-order valence-electron chi connectivity index (χ0n) is 18.9. The molecular weight excluding hydrogens is 420 g/mol. The molecule has 2 N–H and O–H groups in total. The lowest BCUT2D eigenvalue weighted by molar-refractivity contribution is -0.149. The normalized spacial score (nSPS) is 16.0. The van der Waals surface area contributed by atoms with Crippen molar-refractivity contribution in [3.8, 4) is 11.1 Å². The zero-order valence-corrected chi connectivity index (χ0v) is 18.9. The van der Waals surface area contributed by atoms with Gasteiger partial charge in [0.05, 0.1) is 5.41 Å². The van der Waals surface area contributed by atoms with Crippen LogP contribution in [0.5, 0.6) is 0 Å². The summed E-state index contributed by atoms with van der Waals surface area (Å²) in [6.45, 7) is 2.11. The lowest BCUT2D eigenvalue weighted by Gasteiger charge is -2.33. The van der Waals surface area contributed by atoms with Crippen molar-refractivity contribution in [2.45, 2.75) is 38.5 Å². The summed E-state index contributed by atoms with van der Waals surface area (Å²) < 4.78 is 5.61. The van der Waals surface area contributed by atoms with Crippen molar-refractivity contribution in [3.05, 3.63) is 59.7 Å². The number of rotatable bonds is 8. The Hall–Kier alpha value is -3.35. The molecule has 2 aliphatic rings. The van der Waals surface area contributed by atoms with Crippen LogP contribution in [0.4, 0.5) is 4.79 Å². The molecule has 0 aliphatic heterocycles. The minimum absolute atomic E-state index is 0.0311. The highest BCUT2D eigenvalue weighted by atomic mass is 16.5. The Morgan fingerprint density at radius 1 is 1.03 bits per heavy atom. The molecule has 0 bridgehead atoms. The summed E-state index contributed by atoms with van der Waals surface area (Å²) in [7, 11) is 0. The Balaban J connectivity index is 1.40. The Bertz CT molecular complexity index is 999. The molecule has 33 heavy (non-hydrogen) atoms. The van der Waals surface area contributed by atoms with E-state index < -0.39 is 17.5 Å². The van der Waals surface area contributed by atoms with E-state index in [1.54, 1.807) is 6.92 Å². The molecule has 0 aromatic heterocycles. The van der Waals surface area contributed by atoms with Crippen LogP contribution in [0.25, 0.3) is 11.1 Å². The molecule has 1 saturated carbocycles. The quantitative estimate of drug-likeness (QED) is 0.633. The number of nitrogens with zero attached hydrogens (tertiary/aromatic N) is 1. The SMILES string of the molecule is CCN(CC(=O)O)C(=O)C1(CNC(=O)OCC2c3ccccc3-c3ccccc32)CCCC1. The van der Waals surface area contributed by atoms with Crippen molar-refractivity contribution in [2.24, 2.45) is 5.41 Å². The number of carboxylic acids is 1. The number of carbonyl (C=O) groups excluding carboxylic acids is 2. The van der Waals surface area contributed by atoms with Crippen LogP contribution in [0.2, 0.25) is 0 Å². The van der Waals surface area contributed by atoms with Crippen molar-refractivity contribution in [1.82, 2.24) is 10.2 Å². The van der Waals surface area contributed by atoms with Gasteiger partial charge in [0, 0.05) is 19.0 Å². The molecule has 0 unspecified atom stereocenters. The fraction of sp³-hybridized carbons (Fsp3) is 0.423. The van der Waals surface area contributed by atoms with Gasteiger partial charge in [-0.25, -0.2) is 4.79 Å². The fourth-order valence-electron chi connectivity index (χ4n) is 5.23. The van der Waals surface area contributed by atoms with Crippen LogP contribution >= 0.6 is 0 Å². The average molecular weight is 451 g/mol. The number of likely N-dealkylation sites (N-methyl/N-ethyl adjacent to an activating group) is 1. The maximum atomic E-state index is 13.2. The lowest BCUT2D eigenvalue weighted by Crippen LogP contribution is -2.50. The third-order valence-corrected chi connectivity index (χ3v) is 6.92. The van der Waals surface area contributed by atoms with Gasteiger partial charge in [-0.1, -0.05) is 61.4 Å². The van der Waals surface area contributed by atoms with Crippen LogP contribution in [0.1, 0.15) is 49.7 Å². The van der Waals surface area contributed by atoms with Crippen LogP contribution in [0, 0.1) is 5.41 Å². The van der Waals surface area contributed by atoms with Crippen molar-refractivity contribution in [3.63, 3.8) is 0 Å². The minimum Gasteiger partial charge on any atom is -0.480 e. The second kappa shape index (κ2) is 9.65. The molecule has 174 valence electrons. The predicted molar refractivity (Wildman–Crippen MR) is 124 cm³/mol. The molecule has 7 heteroatoms. The van der Waals surface area contributed by atoms with Gasteiger partial charge in [0.25, 0.3) is 0 Å². The summed E-state index contributed by atoms with van der Waals surface area (Å²) in [5.74, 6) is -1.27. The zero-order chi connectivity index (χ0) is 23.4. The largest absolute Gasteiger partial charge is 0.480 e. The molecule has 2 amide bonds.